The Balaban J connectivity index is 0.000000234. The van der Waals surface area contributed by atoms with E-state index in [9.17, 15) is 18.7 Å². The molecule has 6 unspecified atom stereocenters. The molecule has 446 valence electrons. The van der Waals surface area contributed by atoms with Crippen LogP contribution in [0.4, 0.5) is 0 Å². The number of nitrogens with zero attached hydrogens (tertiary/aromatic N) is 8. The lowest BCUT2D eigenvalue weighted by Gasteiger charge is -2.44. The van der Waals surface area contributed by atoms with Gasteiger partial charge in [0.05, 0.1) is 43.5 Å². The van der Waals surface area contributed by atoms with Crippen LogP contribution >= 0.6 is 26.5 Å². The molecule has 0 radical (unpaired) electrons. The van der Waals surface area contributed by atoms with Crippen molar-refractivity contribution in [2.75, 3.05) is 133 Å². The van der Waals surface area contributed by atoms with Gasteiger partial charge in [-0.1, -0.05) is 133 Å². The zero-order chi connectivity index (χ0) is 58.8. The van der Waals surface area contributed by atoms with Crippen LogP contribution in [0.5, 0.6) is 0 Å². The summed E-state index contributed by atoms with van der Waals surface area (Å²) in [6, 6.07) is 38.9. The van der Waals surface area contributed by atoms with E-state index in [-0.39, 0.29) is 65.9 Å². The van der Waals surface area contributed by atoms with Gasteiger partial charge < -0.3 is 28.7 Å². The van der Waals surface area contributed by atoms with Crippen LogP contribution < -0.4 is 0 Å². The molecule has 0 N–H and O–H groups in total. The normalized spacial score (nSPS) is 23.0. The maximum atomic E-state index is 14.3. The first kappa shape index (κ1) is 64.7. The van der Waals surface area contributed by atoms with Gasteiger partial charge >= 0.3 is 0 Å². The number of benzene rings is 4. The molecule has 4 fully saturated rings. The lowest BCUT2D eigenvalue weighted by Crippen LogP contribution is -2.55. The molecule has 81 heavy (non-hydrogen) atoms. The van der Waals surface area contributed by atoms with Gasteiger partial charge in [-0.05, 0) is 106 Å². The van der Waals surface area contributed by atoms with E-state index < -0.39 is 19.8 Å². The molecule has 4 saturated heterocycles. The minimum atomic E-state index is -3.01. The van der Waals surface area contributed by atoms with Gasteiger partial charge in [0.2, 0.25) is 20.8 Å². The van der Waals surface area contributed by atoms with Crippen molar-refractivity contribution in [3.05, 3.63) is 144 Å². The zero-order valence-corrected chi connectivity index (χ0v) is 52.9. The van der Waals surface area contributed by atoms with E-state index >= 15 is 0 Å². The third-order valence-corrected chi connectivity index (χ3v) is 22.8. The molecule has 0 aliphatic carbocycles. The van der Waals surface area contributed by atoms with Crippen LogP contribution in [0.2, 0.25) is 0 Å². The summed E-state index contributed by atoms with van der Waals surface area (Å²) in [4.78, 5) is 35.1. The average molecular weight is 1180 g/mol. The Hall–Kier alpha value is -3.83. The van der Waals surface area contributed by atoms with E-state index in [0.717, 1.165) is 48.4 Å². The first-order valence-electron chi connectivity index (χ1n) is 28.8. The zero-order valence-electron chi connectivity index (χ0n) is 50.4. The molecular weight excluding hydrogens is 1080 g/mol. The Bertz CT molecular complexity index is 2610. The quantitative estimate of drug-likeness (QED) is 0.0693. The van der Waals surface area contributed by atoms with Gasteiger partial charge in [0.25, 0.3) is 5.91 Å². The summed E-state index contributed by atoms with van der Waals surface area (Å²) < 4.78 is 60.5. The summed E-state index contributed by atoms with van der Waals surface area (Å²) >= 11 is 7.24. The minimum Gasteiger partial charge on any atom is -0.370 e. The molecule has 6 atom stereocenters. The largest absolute Gasteiger partial charge is 0.370 e. The summed E-state index contributed by atoms with van der Waals surface area (Å²) in [6.07, 6.45) is 0.350. The second kappa shape index (κ2) is 28.4. The summed E-state index contributed by atoms with van der Waals surface area (Å²) in [5, 5.41) is 0. The van der Waals surface area contributed by atoms with Crippen molar-refractivity contribution >= 4 is 38.3 Å². The molecule has 2 amide bonds. The smallest absolute Gasteiger partial charge is 0.252 e. The highest BCUT2D eigenvalue weighted by atomic mass is 35.5. The van der Waals surface area contributed by atoms with Gasteiger partial charge in [-0.3, -0.25) is 28.5 Å². The van der Waals surface area contributed by atoms with Gasteiger partial charge in [0.15, 0.2) is 4.87 Å². The average Bonchev–Trinajstić information content (AvgIpc) is 3.56. The SMILES string of the molecule is CC1CN(C(C)(C)C)CC(COCP(=O)(N(C)C)N2CCN(C(=O)C(Cl)(c3ccccc3)c3ccccc3)CC2)O1.CC1CN(C(C)(C)C)CC(COCP(=O)(N(C)C)N2CCN(C(=O)C(c3ccccc3)c3ccccc3)CC2)O1. The molecular formula is C62H93ClN8O8P2. The number of morpholine rings is 2. The van der Waals surface area contributed by atoms with E-state index in [1.807, 2.05) is 164 Å². The fourth-order valence-electron chi connectivity index (χ4n) is 11.2. The van der Waals surface area contributed by atoms with E-state index in [1.54, 1.807) is 14.2 Å². The summed E-state index contributed by atoms with van der Waals surface area (Å²) in [5.74, 6) is -0.442. The number of rotatable bonds is 18. The number of hydrogen-bond donors (Lipinski definition) is 0. The number of amides is 2. The number of carbonyl (C=O) groups excluding carboxylic acids is 2. The number of hydrogen-bond acceptors (Lipinski definition) is 10. The summed E-state index contributed by atoms with van der Waals surface area (Å²) in [7, 11) is 1.40. The van der Waals surface area contributed by atoms with Gasteiger partial charge in [0.1, 0.15) is 12.7 Å². The number of carbonyl (C=O) groups is 2. The molecule has 4 heterocycles. The minimum absolute atomic E-state index is 0.0496. The molecule has 4 aliphatic heterocycles. The topological polar surface area (TPSA) is 131 Å². The third kappa shape index (κ3) is 16.3. The fraction of sp³-hybridized carbons (Fsp3) is 0.581. The van der Waals surface area contributed by atoms with Crippen molar-refractivity contribution in [2.45, 2.75) is 102 Å². The van der Waals surface area contributed by atoms with Crippen molar-refractivity contribution < 1.29 is 37.7 Å². The lowest BCUT2D eigenvalue weighted by molar-refractivity contribution is -0.134. The molecule has 0 aromatic heterocycles. The fourth-order valence-corrected chi connectivity index (χ4v) is 15.7. The van der Waals surface area contributed by atoms with Crippen LogP contribution in [-0.4, -0.2) is 218 Å². The van der Waals surface area contributed by atoms with E-state index in [4.69, 9.17) is 30.5 Å². The molecule has 4 aromatic carbocycles. The van der Waals surface area contributed by atoms with Crippen molar-refractivity contribution in [3.63, 3.8) is 0 Å². The Labute approximate surface area is 489 Å². The molecule has 0 bridgehead atoms. The van der Waals surface area contributed by atoms with Crippen LogP contribution in [0.15, 0.2) is 121 Å². The molecule has 4 aliphatic rings. The maximum absolute atomic E-state index is 14.3. The molecule has 4 aromatic rings. The third-order valence-electron chi connectivity index (χ3n) is 16.1. The Kier molecular flexibility index (Phi) is 22.7. The maximum Gasteiger partial charge on any atom is 0.252 e. The number of piperazine rings is 2. The standard InChI is InChI=1S/C31H46ClN4O4P.C31H47N4O4P/c1-25-21-35(30(2,3)4)22-28(40-25)23-39-24-41(38,33(5)6)36-19-17-34(18-20-36)29(37)31(32,26-13-9-7-10-14-26)27-15-11-8-12-16-27;1-25-21-34(31(2,3)4)22-28(39-25)23-38-24-40(37,32(5)6)35-19-17-33(18-20-35)30(36)29(26-13-9-7-10-14-26)27-15-11-8-12-16-27/h7-16,25,28H,17-24H2,1-6H3;7-16,25,28-29H,17-24H2,1-6H3. The van der Waals surface area contributed by atoms with Gasteiger partial charge in [-0.2, -0.15) is 0 Å². The second-order valence-corrected chi connectivity index (χ2v) is 31.0. The van der Waals surface area contributed by atoms with E-state index in [2.05, 4.69) is 65.2 Å². The number of halogens is 1. The van der Waals surface area contributed by atoms with E-state index in [1.165, 1.54) is 0 Å². The first-order chi connectivity index (χ1) is 38.3. The van der Waals surface area contributed by atoms with Gasteiger partial charge in [-0.25, -0.2) is 18.7 Å². The van der Waals surface area contributed by atoms with Gasteiger partial charge in [0, 0.05) is 89.6 Å². The molecule has 0 saturated carbocycles. The van der Waals surface area contributed by atoms with Crippen molar-refractivity contribution in [2.24, 2.45) is 0 Å². The van der Waals surface area contributed by atoms with Crippen molar-refractivity contribution in [3.8, 4) is 0 Å². The molecule has 19 heteroatoms. The highest BCUT2D eigenvalue weighted by Gasteiger charge is 2.46. The Morgan fingerprint density at radius 3 is 1.21 bits per heavy atom. The van der Waals surface area contributed by atoms with E-state index in [0.29, 0.717) is 65.6 Å². The Morgan fingerprint density at radius 1 is 0.543 bits per heavy atom. The van der Waals surface area contributed by atoms with Crippen LogP contribution in [-0.2, 0) is 42.5 Å². The van der Waals surface area contributed by atoms with Crippen molar-refractivity contribution in [1.82, 2.24) is 38.3 Å². The number of ether oxygens (including phenoxy) is 4. The van der Waals surface area contributed by atoms with Crippen LogP contribution in [0.3, 0.4) is 0 Å². The van der Waals surface area contributed by atoms with Crippen LogP contribution in [0.25, 0.3) is 0 Å². The Morgan fingerprint density at radius 2 is 0.877 bits per heavy atom. The molecule has 16 nitrogen and oxygen atoms in total. The highest BCUT2D eigenvalue weighted by molar-refractivity contribution is 7.59. The molecule has 8 rings (SSSR count). The van der Waals surface area contributed by atoms with Crippen LogP contribution in [0, 0.1) is 0 Å². The second-order valence-electron chi connectivity index (χ2n) is 24.5. The summed E-state index contributed by atoms with van der Waals surface area (Å²) in [6.45, 7) is 25.5. The summed E-state index contributed by atoms with van der Waals surface area (Å²) in [5.41, 5.74) is 3.55. The lowest BCUT2D eigenvalue weighted by atomic mass is 9.88. The monoisotopic (exact) mass is 1170 g/mol. The van der Waals surface area contributed by atoms with Gasteiger partial charge in [-0.15, -0.1) is 0 Å². The number of alkyl halides is 1. The predicted octanol–water partition coefficient (Wildman–Crippen LogP) is 9.51. The van der Waals surface area contributed by atoms with Crippen molar-refractivity contribution in [1.29, 1.82) is 0 Å². The molecule has 0 spiro atoms. The first-order valence-corrected chi connectivity index (χ1v) is 32.8. The predicted molar refractivity (Wildman–Crippen MR) is 326 cm³/mol. The van der Waals surface area contributed by atoms with Crippen LogP contribution in [0.1, 0.15) is 83.6 Å². The highest BCUT2D eigenvalue weighted by Crippen LogP contribution is 2.53.